The molecule has 0 aromatic rings. The highest BCUT2D eigenvalue weighted by atomic mass is 16.5. The molecule has 0 aliphatic heterocycles. The molecule has 1 aliphatic rings. The van der Waals surface area contributed by atoms with Crippen LogP contribution in [0, 0.1) is 0 Å². The van der Waals surface area contributed by atoms with Gasteiger partial charge in [0.05, 0.1) is 5.76 Å². The van der Waals surface area contributed by atoms with Crippen LogP contribution in [-0.2, 0) is 4.74 Å². The molecule has 0 spiro atoms. The van der Waals surface area contributed by atoms with Gasteiger partial charge in [-0.25, -0.2) is 0 Å². The molecule has 0 amide bonds. The number of hydrogen-bond acceptors (Lipinski definition) is 2. The predicted octanol–water partition coefficient (Wildman–Crippen LogP) is 2.19. The van der Waals surface area contributed by atoms with Crippen molar-refractivity contribution in [1.29, 1.82) is 0 Å². The van der Waals surface area contributed by atoms with Crippen molar-refractivity contribution in [2.24, 2.45) is 0 Å². The van der Waals surface area contributed by atoms with Crippen LogP contribution in [0.5, 0.6) is 0 Å². The molecule has 0 saturated heterocycles. The predicted molar refractivity (Wildman–Crippen MR) is 55.6 cm³/mol. The number of nitrogens with zero attached hydrogens (tertiary/aromatic N) is 1. The van der Waals surface area contributed by atoms with Gasteiger partial charge in [0.1, 0.15) is 6.61 Å². The lowest BCUT2D eigenvalue weighted by atomic mass is 10.1. The quantitative estimate of drug-likeness (QED) is 0.616. The first kappa shape index (κ1) is 10.3. The van der Waals surface area contributed by atoms with Crippen molar-refractivity contribution in [1.82, 2.24) is 4.90 Å². The van der Waals surface area contributed by atoms with Crippen LogP contribution in [0.4, 0.5) is 0 Å². The lowest BCUT2D eigenvalue weighted by molar-refractivity contribution is 0.177. The van der Waals surface area contributed by atoms with Gasteiger partial charge in [-0.05, 0) is 33.5 Å². The van der Waals surface area contributed by atoms with Crippen molar-refractivity contribution in [3.63, 3.8) is 0 Å². The molecule has 0 fully saturated rings. The van der Waals surface area contributed by atoms with Crippen molar-refractivity contribution < 1.29 is 4.74 Å². The Morgan fingerprint density at radius 2 is 2.15 bits per heavy atom. The molecule has 74 valence electrons. The van der Waals surface area contributed by atoms with Gasteiger partial charge in [0, 0.05) is 13.0 Å². The summed E-state index contributed by atoms with van der Waals surface area (Å²) in [7, 11) is 4.12. The summed E-state index contributed by atoms with van der Waals surface area (Å²) in [5, 5.41) is 0. The zero-order valence-corrected chi connectivity index (χ0v) is 8.84. The van der Waals surface area contributed by atoms with E-state index < -0.39 is 0 Å². The zero-order chi connectivity index (χ0) is 9.68. The zero-order valence-electron chi connectivity index (χ0n) is 8.84. The monoisotopic (exact) mass is 181 g/mol. The minimum absolute atomic E-state index is 0.798. The molecule has 2 heteroatoms. The highest BCUT2D eigenvalue weighted by molar-refractivity contribution is 5.16. The third-order valence-electron chi connectivity index (χ3n) is 2.09. The SMILES string of the molecule is CC1=CCC=C(OCCN(C)C)C1. The molecule has 0 saturated carbocycles. The van der Waals surface area contributed by atoms with E-state index in [4.69, 9.17) is 4.74 Å². The van der Waals surface area contributed by atoms with E-state index >= 15 is 0 Å². The van der Waals surface area contributed by atoms with Crippen LogP contribution in [0.2, 0.25) is 0 Å². The van der Waals surface area contributed by atoms with Gasteiger partial charge in [0.15, 0.2) is 0 Å². The Morgan fingerprint density at radius 1 is 1.38 bits per heavy atom. The Morgan fingerprint density at radius 3 is 2.77 bits per heavy atom. The number of rotatable bonds is 4. The highest BCUT2D eigenvalue weighted by Gasteiger charge is 2.04. The standard InChI is InChI=1S/C11H19NO/c1-10-5-4-6-11(9-10)13-8-7-12(2)3/h5-6H,4,7-9H2,1-3H3. The third-order valence-corrected chi connectivity index (χ3v) is 2.09. The van der Waals surface area contributed by atoms with Gasteiger partial charge in [-0.15, -0.1) is 0 Å². The maximum absolute atomic E-state index is 5.64. The molecule has 0 aromatic carbocycles. The molecule has 1 aliphatic carbocycles. The number of hydrogen-bond donors (Lipinski definition) is 0. The first-order valence-electron chi connectivity index (χ1n) is 4.80. The van der Waals surface area contributed by atoms with E-state index in [1.54, 1.807) is 0 Å². The van der Waals surface area contributed by atoms with Crippen molar-refractivity contribution in [3.8, 4) is 0 Å². The number of likely N-dealkylation sites (N-methyl/N-ethyl adjacent to an activating group) is 1. The number of allylic oxidation sites excluding steroid dienone is 3. The summed E-state index contributed by atoms with van der Waals surface area (Å²) in [6, 6.07) is 0. The Bertz CT molecular complexity index is 216. The molecule has 0 atom stereocenters. The van der Waals surface area contributed by atoms with Gasteiger partial charge in [-0.2, -0.15) is 0 Å². The van der Waals surface area contributed by atoms with Gasteiger partial charge in [-0.3, -0.25) is 0 Å². The first-order valence-corrected chi connectivity index (χ1v) is 4.80. The van der Waals surface area contributed by atoms with Crippen LogP contribution in [-0.4, -0.2) is 32.1 Å². The minimum Gasteiger partial charge on any atom is -0.497 e. The maximum Gasteiger partial charge on any atom is 0.100 e. The van der Waals surface area contributed by atoms with Gasteiger partial charge in [0.25, 0.3) is 0 Å². The van der Waals surface area contributed by atoms with E-state index in [0.29, 0.717) is 0 Å². The second-order valence-electron chi connectivity index (χ2n) is 3.79. The lowest BCUT2D eigenvalue weighted by Crippen LogP contribution is -2.18. The molecule has 0 radical (unpaired) electrons. The third kappa shape index (κ3) is 4.13. The summed E-state index contributed by atoms with van der Waals surface area (Å²) >= 11 is 0. The highest BCUT2D eigenvalue weighted by Crippen LogP contribution is 2.18. The fraction of sp³-hybridized carbons (Fsp3) is 0.636. The molecule has 0 aromatic heterocycles. The first-order chi connectivity index (χ1) is 6.18. The summed E-state index contributed by atoms with van der Waals surface area (Å²) < 4.78 is 5.64. The van der Waals surface area contributed by atoms with E-state index in [-0.39, 0.29) is 0 Å². The summed E-state index contributed by atoms with van der Waals surface area (Å²) in [4.78, 5) is 2.13. The fourth-order valence-corrected chi connectivity index (χ4v) is 1.28. The molecular weight excluding hydrogens is 162 g/mol. The van der Waals surface area contributed by atoms with E-state index in [2.05, 4.69) is 38.1 Å². The minimum atomic E-state index is 0.798. The van der Waals surface area contributed by atoms with Gasteiger partial charge in [-0.1, -0.05) is 11.6 Å². The van der Waals surface area contributed by atoms with Crippen molar-refractivity contribution in [2.45, 2.75) is 19.8 Å². The second-order valence-corrected chi connectivity index (χ2v) is 3.79. The van der Waals surface area contributed by atoms with Gasteiger partial charge < -0.3 is 9.64 Å². The summed E-state index contributed by atoms with van der Waals surface area (Å²) in [6.45, 7) is 3.94. The molecule has 0 unspecified atom stereocenters. The van der Waals surface area contributed by atoms with Crippen LogP contribution in [0.1, 0.15) is 19.8 Å². The van der Waals surface area contributed by atoms with Gasteiger partial charge in [0.2, 0.25) is 0 Å². The van der Waals surface area contributed by atoms with E-state index in [0.717, 1.165) is 31.8 Å². The van der Waals surface area contributed by atoms with E-state index in [9.17, 15) is 0 Å². The molecule has 0 bridgehead atoms. The largest absolute Gasteiger partial charge is 0.497 e. The lowest BCUT2D eigenvalue weighted by Gasteiger charge is -2.16. The smallest absolute Gasteiger partial charge is 0.100 e. The Hall–Kier alpha value is -0.760. The van der Waals surface area contributed by atoms with Crippen LogP contribution in [0.15, 0.2) is 23.5 Å². The molecule has 0 N–H and O–H groups in total. The van der Waals surface area contributed by atoms with Crippen LogP contribution >= 0.6 is 0 Å². The number of ether oxygens (including phenoxy) is 1. The van der Waals surface area contributed by atoms with Crippen LogP contribution in [0.3, 0.4) is 0 Å². The van der Waals surface area contributed by atoms with Crippen molar-refractivity contribution >= 4 is 0 Å². The average molecular weight is 181 g/mol. The summed E-state index contributed by atoms with van der Waals surface area (Å²) in [6.07, 6.45) is 6.44. The average Bonchev–Trinajstić information content (AvgIpc) is 2.03. The van der Waals surface area contributed by atoms with Crippen molar-refractivity contribution in [2.75, 3.05) is 27.2 Å². The maximum atomic E-state index is 5.64. The van der Waals surface area contributed by atoms with Crippen LogP contribution in [0.25, 0.3) is 0 Å². The molecule has 2 nitrogen and oxygen atoms in total. The van der Waals surface area contributed by atoms with E-state index in [1.807, 2.05) is 0 Å². The molecule has 13 heavy (non-hydrogen) atoms. The van der Waals surface area contributed by atoms with Crippen LogP contribution < -0.4 is 0 Å². The summed E-state index contributed by atoms with van der Waals surface area (Å²) in [5.41, 5.74) is 1.42. The second kappa shape index (κ2) is 5.07. The normalized spacial score (nSPS) is 16.9. The summed E-state index contributed by atoms with van der Waals surface area (Å²) in [5.74, 6) is 1.14. The van der Waals surface area contributed by atoms with E-state index in [1.165, 1.54) is 5.57 Å². The van der Waals surface area contributed by atoms with Crippen molar-refractivity contribution in [3.05, 3.63) is 23.5 Å². The molecule has 0 heterocycles. The topological polar surface area (TPSA) is 12.5 Å². The Kier molecular flexibility index (Phi) is 4.03. The Balaban J connectivity index is 2.19. The Labute approximate surface area is 80.9 Å². The molecule has 1 rings (SSSR count). The molecular formula is C11H19NO. The van der Waals surface area contributed by atoms with Gasteiger partial charge >= 0.3 is 0 Å². The fourth-order valence-electron chi connectivity index (χ4n) is 1.28.